The van der Waals surface area contributed by atoms with Gasteiger partial charge in [0.1, 0.15) is 17.2 Å². The summed E-state index contributed by atoms with van der Waals surface area (Å²) in [5, 5.41) is 8.62. The quantitative estimate of drug-likeness (QED) is 0.661. The molecule has 154 valence electrons. The second-order valence-electron chi connectivity index (χ2n) is 8.16. The van der Waals surface area contributed by atoms with Crippen LogP contribution in [0.3, 0.4) is 0 Å². The Morgan fingerprint density at radius 1 is 1.17 bits per heavy atom. The Balaban J connectivity index is 1.66. The lowest BCUT2D eigenvalue weighted by Crippen LogP contribution is -2.42. The Morgan fingerprint density at radius 2 is 1.83 bits per heavy atom. The number of piperidine rings is 1. The van der Waals surface area contributed by atoms with Gasteiger partial charge in [-0.25, -0.2) is 4.98 Å². The summed E-state index contributed by atoms with van der Waals surface area (Å²) in [6.45, 7) is 1.73. The van der Waals surface area contributed by atoms with E-state index < -0.39 is 0 Å². The lowest BCUT2D eigenvalue weighted by molar-refractivity contribution is 0.225. The number of anilines is 3. The number of aromatic nitrogens is 3. The summed E-state index contributed by atoms with van der Waals surface area (Å²) in [6, 6.07) is 1.54. The first kappa shape index (κ1) is 19.7. The van der Waals surface area contributed by atoms with Crippen molar-refractivity contribution >= 4 is 34.9 Å². The zero-order valence-electron chi connectivity index (χ0n) is 16.5. The van der Waals surface area contributed by atoms with E-state index in [9.17, 15) is 4.79 Å². The first-order valence-corrected chi connectivity index (χ1v) is 10.3. The van der Waals surface area contributed by atoms with Crippen molar-refractivity contribution in [3.8, 4) is 0 Å². The van der Waals surface area contributed by atoms with Crippen molar-refractivity contribution in [2.45, 2.75) is 38.5 Å². The average molecular weight is 416 g/mol. The molecule has 0 aromatic carbocycles. The molecule has 1 aliphatic carbocycles. The zero-order chi connectivity index (χ0) is 20.8. The molecule has 0 radical (unpaired) electrons. The van der Waals surface area contributed by atoms with E-state index in [-0.39, 0.29) is 33.5 Å². The molecule has 4 rings (SSSR count). The van der Waals surface area contributed by atoms with Crippen LogP contribution in [0.25, 0.3) is 0 Å². The molecule has 8 nitrogen and oxygen atoms in total. The Labute approximate surface area is 174 Å². The summed E-state index contributed by atoms with van der Waals surface area (Å²) in [5.74, 6) is 0.681. The number of nitrogens with zero attached hydrogens (tertiary/aromatic N) is 4. The SMILES string of the molecule is Cn1c(N2CCC3(CCCC3)CC2)nc(N)c(C(=N)c2ccnc(N)c2Cl)c1=O. The normalized spacial score (nSPS) is 18.3. The van der Waals surface area contributed by atoms with Crippen LogP contribution in [0.1, 0.15) is 49.7 Å². The molecule has 5 N–H and O–H groups in total. The highest BCUT2D eigenvalue weighted by molar-refractivity contribution is 6.37. The van der Waals surface area contributed by atoms with E-state index in [0.717, 1.165) is 25.9 Å². The van der Waals surface area contributed by atoms with Gasteiger partial charge in [0.25, 0.3) is 5.56 Å². The molecule has 0 amide bonds. The van der Waals surface area contributed by atoms with Crippen LogP contribution in [-0.4, -0.2) is 33.3 Å². The van der Waals surface area contributed by atoms with Gasteiger partial charge < -0.3 is 16.4 Å². The van der Waals surface area contributed by atoms with Gasteiger partial charge in [-0.3, -0.25) is 14.8 Å². The molecule has 9 heteroatoms. The molecule has 29 heavy (non-hydrogen) atoms. The molecule has 3 heterocycles. The molecule has 2 fully saturated rings. The van der Waals surface area contributed by atoms with E-state index in [4.69, 9.17) is 28.5 Å². The van der Waals surface area contributed by atoms with E-state index in [2.05, 4.69) is 14.9 Å². The molecule has 1 spiro atoms. The van der Waals surface area contributed by atoms with Crippen molar-refractivity contribution in [1.29, 1.82) is 5.41 Å². The molecule has 2 aliphatic rings. The molecule has 0 unspecified atom stereocenters. The predicted octanol–water partition coefficient (Wildman–Crippen LogP) is 2.57. The standard InChI is InChI=1S/C20H26ClN7O/c1-27-18(29)13(15(22)12-4-9-25-17(24)14(12)21)16(23)26-19(27)28-10-7-20(8-11-28)5-2-3-6-20/h4,9,22H,2-3,5-8,10-11,23H2,1H3,(H2,24,25). The third-order valence-corrected chi connectivity index (χ3v) is 6.90. The van der Waals surface area contributed by atoms with Gasteiger partial charge in [-0.05, 0) is 37.2 Å². The summed E-state index contributed by atoms with van der Waals surface area (Å²) >= 11 is 6.19. The zero-order valence-corrected chi connectivity index (χ0v) is 17.3. The summed E-state index contributed by atoms with van der Waals surface area (Å²) in [7, 11) is 1.67. The maximum Gasteiger partial charge on any atom is 0.266 e. The van der Waals surface area contributed by atoms with Crippen LogP contribution in [0.2, 0.25) is 5.02 Å². The topological polar surface area (TPSA) is 127 Å². The summed E-state index contributed by atoms with van der Waals surface area (Å²) in [6.07, 6.45) is 8.94. The van der Waals surface area contributed by atoms with Gasteiger partial charge >= 0.3 is 0 Å². The minimum absolute atomic E-state index is 0.0213. The van der Waals surface area contributed by atoms with Crippen LogP contribution in [0, 0.1) is 10.8 Å². The van der Waals surface area contributed by atoms with Crippen LogP contribution in [-0.2, 0) is 7.05 Å². The first-order valence-electron chi connectivity index (χ1n) is 9.94. The monoisotopic (exact) mass is 415 g/mol. The van der Waals surface area contributed by atoms with Crippen molar-refractivity contribution in [3.63, 3.8) is 0 Å². The van der Waals surface area contributed by atoms with Gasteiger partial charge in [0, 0.05) is 31.9 Å². The molecular formula is C20H26ClN7O. The summed E-state index contributed by atoms with van der Waals surface area (Å²) < 4.78 is 1.48. The van der Waals surface area contributed by atoms with Gasteiger partial charge in [0.15, 0.2) is 0 Å². The van der Waals surface area contributed by atoms with Gasteiger partial charge in [0.2, 0.25) is 5.95 Å². The number of hydrogen-bond donors (Lipinski definition) is 3. The lowest BCUT2D eigenvalue weighted by atomic mass is 9.77. The number of halogens is 1. The highest BCUT2D eigenvalue weighted by Crippen LogP contribution is 2.46. The molecule has 2 aromatic rings. The minimum atomic E-state index is -0.370. The maximum atomic E-state index is 13.1. The van der Waals surface area contributed by atoms with Gasteiger partial charge in [-0.15, -0.1) is 0 Å². The van der Waals surface area contributed by atoms with E-state index in [1.807, 2.05) is 0 Å². The maximum absolute atomic E-state index is 13.1. The fourth-order valence-electron chi connectivity index (χ4n) is 4.72. The highest BCUT2D eigenvalue weighted by atomic mass is 35.5. The van der Waals surface area contributed by atoms with Gasteiger partial charge in [-0.1, -0.05) is 24.4 Å². The van der Waals surface area contributed by atoms with Crippen molar-refractivity contribution in [2.24, 2.45) is 12.5 Å². The first-order chi connectivity index (χ1) is 13.8. The van der Waals surface area contributed by atoms with Crippen LogP contribution < -0.4 is 21.9 Å². The Morgan fingerprint density at radius 3 is 2.48 bits per heavy atom. The third kappa shape index (κ3) is 3.35. The van der Waals surface area contributed by atoms with E-state index >= 15 is 0 Å². The van der Waals surface area contributed by atoms with Crippen molar-refractivity contribution in [3.05, 3.63) is 38.8 Å². The van der Waals surface area contributed by atoms with E-state index in [0.29, 0.717) is 16.9 Å². The molecule has 1 saturated heterocycles. The fourth-order valence-corrected chi connectivity index (χ4v) is 4.92. The third-order valence-electron chi connectivity index (χ3n) is 6.50. The van der Waals surface area contributed by atoms with Crippen LogP contribution in [0.4, 0.5) is 17.6 Å². The second kappa shape index (κ2) is 7.33. The smallest absolute Gasteiger partial charge is 0.266 e. The van der Waals surface area contributed by atoms with Crippen LogP contribution in [0.15, 0.2) is 17.1 Å². The summed E-state index contributed by atoms with van der Waals surface area (Å²) in [4.78, 5) is 23.6. The molecule has 1 saturated carbocycles. The summed E-state index contributed by atoms with van der Waals surface area (Å²) in [5.41, 5.74) is 12.2. The van der Waals surface area contributed by atoms with Gasteiger partial charge in [0.05, 0.1) is 10.7 Å². The van der Waals surface area contributed by atoms with E-state index in [1.54, 1.807) is 13.1 Å². The van der Waals surface area contributed by atoms with Crippen LogP contribution >= 0.6 is 11.6 Å². The number of hydrogen-bond acceptors (Lipinski definition) is 7. The van der Waals surface area contributed by atoms with E-state index in [1.165, 1.54) is 36.4 Å². The highest BCUT2D eigenvalue weighted by Gasteiger charge is 2.37. The Kier molecular flexibility index (Phi) is 4.98. The number of nitrogens with one attached hydrogen (secondary N) is 1. The largest absolute Gasteiger partial charge is 0.383 e. The lowest BCUT2D eigenvalue weighted by Gasteiger charge is -2.40. The number of rotatable bonds is 3. The van der Waals surface area contributed by atoms with Crippen molar-refractivity contribution in [1.82, 2.24) is 14.5 Å². The average Bonchev–Trinajstić information content (AvgIpc) is 3.15. The minimum Gasteiger partial charge on any atom is -0.383 e. The predicted molar refractivity (Wildman–Crippen MR) is 116 cm³/mol. The van der Waals surface area contributed by atoms with Gasteiger partial charge in [-0.2, -0.15) is 4.98 Å². The van der Waals surface area contributed by atoms with Crippen molar-refractivity contribution < 1.29 is 0 Å². The molecular weight excluding hydrogens is 390 g/mol. The molecule has 0 bridgehead atoms. The number of nitrogen functional groups attached to an aromatic ring is 2. The van der Waals surface area contributed by atoms with Crippen molar-refractivity contribution in [2.75, 3.05) is 29.5 Å². The fraction of sp³-hybridized carbons (Fsp3) is 0.500. The molecule has 1 aliphatic heterocycles. The number of pyridine rings is 1. The van der Waals surface area contributed by atoms with Crippen LogP contribution in [0.5, 0.6) is 0 Å². The molecule has 2 aromatic heterocycles. The number of nitrogens with two attached hydrogens (primary N) is 2. The Bertz CT molecular complexity index is 1020. The second-order valence-corrected chi connectivity index (χ2v) is 8.54. The Hall–Kier alpha value is -2.61. The molecule has 0 atom stereocenters.